The first-order valence-electron chi connectivity index (χ1n) is 6.00. The Labute approximate surface area is 96.3 Å². The molecule has 0 aromatic carbocycles. The summed E-state index contributed by atoms with van der Waals surface area (Å²) in [6.45, 7) is 2.31. The van der Waals surface area contributed by atoms with E-state index in [1.807, 2.05) is 19.1 Å². The van der Waals surface area contributed by atoms with Gasteiger partial charge in [-0.15, -0.1) is 0 Å². The molecule has 0 bridgehead atoms. The van der Waals surface area contributed by atoms with Gasteiger partial charge in [0.1, 0.15) is 0 Å². The van der Waals surface area contributed by atoms with Gasteiger partial charge in [-0.3, -0.25) is 4.79 Å². The van der Waals surface area contributed by atoms with Gasteiger partial charge >= 0.3 is 5.97 Å². The molecule has 1 saturated carbocycles. The van der Waals surface area contributed by atoms with E-state index < -0.39 is 0 Å². The van der Waals surface area contributed by atoms with Gasteiger partial charge in [-0.25, -0.2) is 0 Å². The second-order valence-corrected chi connectivity index (χ2v) is 4.57. The van der Waals surface area contributed by atoms with Crippen LogP contribution in [-0.4, -0.2) is 18.6 Å². The quantitative estimate of drug-likeness (QED) is 0.741. The van der Waals surface area contributed by atoms with Crippen molar-refractivity contribution in [2.75, 3.05) is 6.61 Å². The molecule has 0 aliphatic heterocycles. The third kappa shape index (κ3) is 1.80. The van der Waals surface area contributed by atoms with E-state index in [9.17, 15) is 4.79 Å². The molecule has 2 aliphatic carbocycles. The fraction of sp³-hybridized carbons (Fsp3) is 0.615. The molecule has 0 heterocycles. The maximum atomic E-state index is 12.0. The third-order valence-corrected chi connectivity index (χ3v) is 3.56. The van der Waals surface area contributed by atoms with Crippen LogP contribution in [0, 0.1) is 5.41 Å². The second-order valence-electron chi connectivity index (χ2n) is 4.57. The summed E-state index contributed by atoms with van der Waals surface area (Å²) in [7, 11) is 0. The molecule has 3 heteroatoms. The monoisotopic (exact) mass is 221 g/mol. The summed E-state index contributed by atoms with van der Waals surface area (Å²) >= 11 is 0. The van der Waals surface area contributed by atoms with Crippen molar-refractivity contribution < 1.29 is 9.53 Å². The summed E-state index contributed by atoms with van der Waals surface area (Å²) in [6.07, 6.45) is 9.84. The first kappa shape index (κ1) is 11.4. The molecule has 0 saturated heterocycles. The van der Waals surface area contributed by atoms with Crippen molar-refractivity contribution in [1.29, 1.82) is 0 Å². The zero-order valence-corrected chi connectivity index (χ0v) is 9.74. The smallest absolute Gasteiger partial charge is 0.316 e. The molecule has 1 fully saturated rings. The Morgan fingerprint density at radius 2 is 2.38 bits per heavy atom. The fourth-order valence-electron chi connectivity index (χ4n) is 2.40. The van der Waals surface area contributed by atoms with Gasteiger partial charge in [-0.2, -0.15) is 0 Å². The van der Waals surface area contributed by atoms with E-state index in [-0.39, 0.29) is 17.4 Å². The van der Waals surface area contributed by atoms with Crippen molar-refractivity contribution in [2.45, 2.75) is 38.6 Å². The first-order valence-corrected chi connectivity index (χ1v) is 6.00. The Kier molecular flexibility index (Phi) is 3.15. The lowest BCUT2D eigenvalue weighted by Gasteiger charge is -2.41. The van der Waals surface area contributed by atoms with Crippen LogP contribution in [-0.2, 0) is 9.53 Å². The van der Waals surface area contributed by atoms with Crippen LogP contribution < -0.4 is 5.73 Å². The highest BCUT2D eigenvalue weighted by atomic mass is 16.5. The summed E-state index contributed by atoms with van der Waals surface area (Å²) in [5, 5.41) is 0. The molecule has 0 spiro atoms. The van der Waals surface area contributed by atoms with E-state index >= 15 is 0 Å². The highest BCUT2D eigenvalue weighted by Crippen LogP contribution is 2.49. The molecule has 0 aromatic heterocycles. The minimum absolute atomic E-state index is 0.0624. The van der Waals surface area contributed by atoms with Crippen molar-refractivity contribution in [3.8, 4) is 0 Å². The van der Waals surface area contributed by atoms with Crippen LogP contribution in [0.2, 0.25) is 0 Å². The predicted octanol–water partition coefficient (Wildman–Crippen LogP) is 1.93. The number of esters is 1. The Morgan fingerprint density at radius 1 is 1.62 bits per heavy atom. The molecule has 2 rings (SSSR count). The van der Waals surface area contributed by atoms with E-state index in [1.54, 1.807) is 0 Å². The number of allylic oxidation sites excluding steroid dienone is 1. The van der Waals surface area contributed by atoms with Gasteiger partial charge in [0.2, 0.25) is 0 Å². The van der Waals surface area contributed by atoms with Crippen LogP contribution in [0.5, 0.6) is 0 Å². The van der Waals surface area contributed by atoms with Crippen molar-refractivity contribution in [2.24, 2.45) is 11.1 Å². The molecule has 16 heavy (non-hydrogen) atoms. The molecular weight excluding hydrogens is 202 g/mol. The molecule has 1 unspecified atom stereocenters. The Morgan fingerprint density at radius 3 is 2.81 bits per heavy atom. The molecular formula is C13H19NO2. The molecule has 88 valence electrons. The van der Waals surface area contributed by atoms with Crippen LogP contribution >= 0.6 is 0 Å². The minimum Gasteiger partial charge on any atom is -0.465 e. The normalized spacial score (nSPS) is 26.9. The van der Waals surface area contributed by atoms with Gasteiger partial charge in [0.05, 0.1) is 12.0 Å². The van der Waals surface area contributed by atoms with Crippen molar-refractivity contribution in [1.82, 2.24) is 0 Å². The largest absolute Gasteiger partial charge is 0.465 e. The van der Waals surface area contributed by atoms with Gasteiger partial charge < -0.3 is 10.5 Å². The van der Waals surface area contributed by atoms with Gasteiger partial charge in [-0.05, 0) is 31.8 Å². The van der Waals surface area contributed by atoms with Crippen LogP contribution in [0.4, 0.5) is 0 Å². The number of rotatable bonds is 3. The first-order chi connectivity index (χ1) is 7.69. The van der Waals surface area contributed by atoms with Gasteiger partial charge in [-0.1, -0.05) is 24.6 Å². The summed E-state index contributed by atoms with van der Waals surface area (Å²) in [4.78, 5) is 12.0. The summed E-state index contributed by atoms with van der Waals surface area (Å²) in [5.74, 6) is -0.0624. The van der Waals surface area contributed by atoms with Crippen LogP contribution in [0.3, 0.4) is 0 Å². The maximum Gasteiger partial charge on any atom is 0.316 e. The lowest BCUT2D eigenvalue weighted by atomic mass is 9.63. The zero-order chi connectivity index (χ0) is 11.6. The van der Waals surface area contributed by atoms with Crippen LogP contribution in [0.15, 0.2) is 23.8 Å². The Bertz CT molecular complexity index is 340. The highest BCUT2D eigenvalue weighted by molar-refractivity contribution is 5.82. The Hall–Kier alpha value is -1.09. The van der Waals surface area contributed by atoms with Gasteiger partial charge in [0, 0.05) is 6.04 Å². The molecule has 2 aliphatic rings. The highest BCUT2D eigenvalue weighted by Gasteiger charge is 2.47. The van der Waals surface area contributed by atoms with E-state index in [0.29, 0.717) is 6.61 Å². The Balaban J connectivity index is 2.16. The standard InChI is InChI=1S/C13H19NO2/c1-2-16-12(15)13(8-3-9-13)10-4-6-11(14)7-5-10/h4-6,11H,2-3,7-9,14H2,1H3. The molecule has 0 aromatic rings. The number of hydrogen-bond acceptors (Lipinski definition) is 3. The average Bonchev–Trinajstić information content (AvgIpc) is 2.19. The van der Waals surface area contributed by atoms with Gasteiger partial charge in [0.15, 0.2) is 0 Å². The molecule has 0 radical (unpaired) electrons. The number of carbonyl (C=O) groups is 1. The van der Waals surface area contributed by atoms with Crippen molar-refractivity contribution >= 4 is 5.97 Å². The second kappa shape index (κ2) is 4.42. The lowest BCUT2D eigenvalue weighted by Crippen LogP contribution is -2.41. The van der Waals surface area contributed by atoms with Crippen LogP contribution in [0.25, 0.3) is 0 Å². The van der Waals surface area contributed by atoms with E-state index in [2.05, 4.69) is 6.08 Å². The minimum atomic E-state index is -0.355. The SMILES string of the molecule is CCOC(=O)C1(C2=CCC(N)C=C2)CCC1. The van der Waals surface area contributed by atoms with Gasteiger partial charge in [0.25, 0.3) is 0 Å². The lowest BCUT2D eigenvalue weighted by molar-refractivity contribution is -0.157. The number of ether oxygens (including phenoxy) is 1. The summed E-state index contributed by atoms with van der Waals surface area (Å²) in [5.41, 5.74) is 6.54. The third-order valence-electron chi connectivity index (χ3n) is 3.56. The maximum absolute atomic E-state index is 12.0. The predicted molar refractivity (Wildman–Crippen MR) is 62.7 cm³/mol. The molecule has 3 nitrogen and oxygen atoms in total. The number of nitrogens with two attached hydrogens (primary N) is 1. The molecule has 1 atom stereocenters. The van der Waals surface area contributed by atoms with E-state index in [1.165, 1.54) is 0 Å². The summed E-state index contributed by atoms with van der Waals surface area (Å²) < 4.78 is 5.18. The molecule has 2 N–H and O–H groups in total. The molecule has 0 amide bonds. The topological polar surface area (TPSA) is 52.3 Å². The van der Waals surface area contributed by atoms with E-state index in [4.69, 9.17) is 10.5 Å². The van der Waals surface area contributed by atoms with Crippen molar-refractivity contribution in [3.63, 3.8) is 0 Å². The van der Waals surface area contributed by atoms with Crippen LogP contribution in [0.1, 0.15) is 32.6 Å². The summed E-state index contributed by atoms with van der Waals surface area (Å²) in [6, 6.07) is 0.100. The number of carbonyl (C=O) groups excluding carboxylic acids is 1. The van der Waals surface area contributed by atoms with Crippen molar-refractivity contribution in [3.05, 3.63) is 23.8 Å². The zero-order valence-electron chi connectivity index (χ0n) is 9.74. The fourth-order valence-corrected chi connectivity index (χ4v) is 2.40. The number of hydrogen-bond donors (Lipinski definition) is 1. The van der Waals surface area contributed by atoms with E-state index in [0.717, 1.165) is 31.3 Å². The average molecular weight is 221 g/mol.